The molecule has 154 valence electrons. The molecule has 1 heterocycles. The van der Waals surface area contributed by atoms with E-state index in [0.29, 0.717) is 43.4 Å². The maximum absolute atomic E-state index is 12.7. The highest BCUT2D eigenvalue weighted by molar-refractivity contribution is 6.30. The van der Waals surface area contributed by atoms with Gasteiger partial charge in [-0.3, -0.25) is 14.9 Å². The predicted octanol–water partition coefficient (Wildman–Crippen LogP) is 1.92. The van der Waals surface area contributed by atoms with E-state index < -0.39 is 4.92 Å². The molecule has 0 aliphatic carbocycles. The number of benzene rings is 2. The Kier molecular flexibility index (Phi) is 6.71. The minimum Gasteiger partial charge on any atom is -0.362 e. The zero-order valence-electron chi connectivity index (χ0n) is 16.7. The van der Waals surface area contributed by atoms with E-state index in [-0.39, 0.29) is 11.6 Å². The second-order valence-corrected chi connectivity index (χ2v) is 7.99. The number of carbonyl (C=O) groups excluding carboxylic acids is 1. The number of aryl methyl sites for hydroxylation is 1. The average Bonchev–Trinajstić information content (AvgIpc) is 2.69. The number of halogens is 1. The number of carbonyl (C=O) groups is 1. The van der Waals surface area contributed by atoms with Crippen LogP contribution in [0.3, 0.4) is 0 Å². The van der Waals surface area contributed by atoms with Gasteiger partial charge in [0.2, 0.25) is 0 Å². The summed E-state index contributed by atoms with van der Waals surface area (Å²) >= 11 is 5.90. The van der Waals surface area contributed by atoms with Gasteiger partial charge in [0.15, 0.2) is 6.54 Å². The van der Waals surface area contributed by atoms with Crippen molar-refractivity contribution in [2.45, 2.75) is 13.5 Å². The second kappa shape index (κ2) is 9.24. The zero-order valence-corrected chi connectivity index (χ0v) is 17.5. The lowest BCUT2D eigenvalue weighted by Gasteiger charge is -2.36. The molecule has 0 saturated carbocycles. The van der Waals surface area contributed by atoms with Crippen molar-refractivity contribution in [3.05, 3.63) is 68.7 Å². The highest BCUT2D eigenvalue weighted by Crippen LogP contribution is 2.31. The Hall–Kier alpha value is -2.64. The van der Waals surface area contributed by atoms with E-state index in [1.807, 2.05) is 16.8 Å². The summed E-state index contributed by atoms with van der Waals surface area (Å²) in [5.41, 5.74) is 2.98. The van der Waals surface area contributed by atoms with Crippen molar-refractivity contribution in [1.29, 1.82) is 0 Å². The van der Waals surface area contributed by atoms with Crippen LogP contribution in [0.2, 0.25) is 5.02 Å². The number of nitrogens with one attached hydrogen (secondary N) is 1. The van der Waals surface area contributed by atoms with Crippen LogP contribution >= 0.6 is 11.6 Å². The number of nitro groups is 1. The molecule has 1 fully saturated rings. The Morgan fingerprint density at radius 2 is 1.79 bits per heavy atom. The van der Waals surface area contributed by atoms with Crippen LogP contribution in [0, 0.1) is 17.0 Å². The summed E-state index contributed by atoms with van der Waals surface area (Å²) in [4.78, 5) is 28.5. The van der Waals surface area contributed by atoms with Crippen LogP contribution in [0.4, 0.5) is 11.4 Å². The smallest absolute Gasteiger partial charge is 0.294 e. The summed E-state index contributed by atoms with van der Waals surface area (Å²) < 4.78 is 0. The fraction of sp³-hybridized carbons (Fsp3) is 0.381. The molecular weight excluding hydrogens is 392 g/mol. The van der Waals surface area contributed by atoms with Gasteiger partial charge in [-0.05, 0) is 19.1 Å². The molecule has 1 saturated heterocycles. The fourth-order valence-corrected chi connectivity index (χ4v) is 3.76. The van der Waals surface area contributed by atoms with Gasteiger partial charge in [0, 0.05) is 42.8 Å². The first-order chi connectivity index (χ1) is 13.8. The predicted molar refractivity (Wildman–Crippen MR) is 114 cm³/mol. The molecule has 1 aliphatic rings. The van der Waals surface area contributed by atoms with Gasteiger partial charge in [0.1, 0.15) is 12.2 Å². The number of quaternary nitrogens is 1. The number of rotatable bonds is 6. The highest BCUT2D eigenvalue weighted by atomic mass is 35.5. The van der Waals surface area contributed by atoms with Gasteiger partial charge in [0.25, 0.3) is 11.6 Å². The van der Waals surface area contributed by atoms with Crippen molar-refractivity contribution in [2.24, 2.45) is 0 Å². The SMILES string of the molecule is Cc1ccc(C[NH+](C)CC(=O)N2CCN(c3ccc(Cl)cc3[N+](=O)[O-])CC2)cc1. The maximum Gasteiger partial charge on any atom is 0.294 e. The molecule has 3 rings (SSSR count). The average molecular weight is 418 g/mol. The van der Waals surface area contributed by atoms with Crippen LogP contribution in [0.25, 0.3) is 0 Å². The van der Waals surface area contributed by atoms with Crippen LogP contribution in [-0.4, -0.2) is 55.5 Å². The van der Waals surface area contributed by atoms with Crippen molar-refractivity contribution in [3.63, 3.8) is 0 Å². The van der Waals surface area contributed by atoms with Gasteiger partial charge in [-0.15, -0.1) is 0 Å². The molecule has 0 radical (unpaired) electrons. The number of likely N-dealkylation sites (N-methyl/N-ethyl adjacent to an activating group) is 1. The second-order valence-electron chi connectivity index (χ2n) is 7.55. The molecule has 0 aromatic heterocycles. The summed E-state index contributed by atoms with van der Waals surface area (Å²) in [6.07, 6.45) is 0. The summed E-state index contributed by atoms with van der Waals surface area (Å²) in [5, 5.41) is 11.7. The Morgan fingerprint density at radius 1 is 1.14 bits per heavy atom. The third-order valence-corrected chi connectivity index (χ3v) is 5.42. The van der Waals surface area contributed by atoms with E-state index in [0.717, 1.165) is 11.4 Å². The summed E-state index contributed by atoms with van der Waals surface area (Å²) in [6.45, 7) is 5.50. The van der Waals surface area contributed by atoms with Crippen molar-refractivity contribution < 1.29 is 14.6 Å². The van der Waals surface area contributed by atoms with Gasteiger partial charge >= 0.3 is 0 Å². The lowest BCUT2D eigenvalue weighted by molar-refractivity contribution is -0.885. The standard InChI is InChI=1S/C21H25ClN4O3/c1-16-3-5-17(6-4-16)14-23(2)15-21(27)25-11-9-24(10-12-25)19-8-7-18(22)13-20(19)26(28)29/h3-8,13H,9-12,14-15H2,1-2H3/p+1. The Balaban J connectivity index is 1.54. The van der Waals surface area contributed by atoms with Gasteiger partial charge < -0.3 is 14.7 Å². The topological polar surface area (TPSA) is 71.1 Å². The van der Waals surface area contributed by atoms with Crippen molar-refractivity contribution in [1.82, 2.24) is 4.90 Å². The number of amides is 1. The molecule has 8 heteroatoms. The molecule has 0 spiro atoms. The van der Waals surface area contributed by atoms with E-state index in [1.165, 1.54) is 17.2 Å². The normalized spacial score (nSPS) is 15.3. The van der Waals surface area contributed by atoms with Crippen LogP contribution in [0.1, 0.15) is 11.1 Å². The molecule has 1 aliphatic heterocycles. The Morgan fingerprint density at radius 3 is 2.41 bits per heavy atom. The minimum atomic E-state index is -0.415. The van der Waals surface area contributed by atoms with E-state index in [4.69, 9.17) is 11.6 Å². The number of nitrogens with zero attached hydrogens (tertiary/aromatic N) is 3. The number of hydrogen-bond donors (Lipinski definition) is 1. The molecule has 1 amide bonds. The monoisotopic (exact) mass is 417 g/mol. The molecule has 2 aromatic rings. The van der Waals surface area contributed by atoms with E-state index in [9.17, 15) is 14.9 Å². The Labute approximate surface area is 175 Å². The number of anilines is 1. The Bertz CT molecular complexity index is 880. The van der Waals surface area contributed by atoms with Crippen LogP contribution in [0.5, 0.6) is 0 Å². The third kappa shape index (κ3) is 5.46. The van der Waals surface area contributed by atoms with Crippen LogP contribution in [-0.2, 0) is 11.3 Å². The first kappa shape index (κ1) is 21.1. The first-order valence-electron chi connectivity index (χ1n) is 9.67. The van der Waals surface area contributed by atoms with E-state index >= 15 is 0 Å². The van der Waals surface area contributed by atoms with Crippen molar-refractivity contribution in [2.75, 3.05) is 44.7 Å². The van der Waals surface area contributed by atoms with E-state index in [1.54, 1.807) is 12.1 Å². The quantitative estimate of drug-likeness (QED) is 0.575. The fourth-order valence-electron chi connectivity index (χ4n) is 3.59. The lowest BCUT2D eigenvalue weighted by Crippen LogP contribution is -3.09. The highest BCUT2D eigenvalue weighted by Gasteiger charge is 2.27. The van der Waals surface area contributed by atoms with Crippen molar-refractivity contribution >= 4 is 28.9 Å². The molecular formula is C21H26ClN4O3+. The van der Waals surface area contributed by atoms with E-state index in [2.05, 4.69) is 31.2 Å². The zero-order chi connectivity index (χ0) is 21.0. The largest absolute Gasteiger partial charge is 0.362 e. The summed E-state index contributed by atoms with van der Waals surface area (Å²) in [6, 6.07) is 13.1. The molecule has 0 bridgehead atoms. The molecule has 1 unspecified atom stereocenters. The molecule has 1 atom stereocenters. The molecule has 1 N–H and O–H groups in total. The minimum absolute atomic E-state index is 0.000415. The number of hydrogen-bond acceptors (Lipinski definition) is 4. The maximum atomic E-state index is 12.7. The summed E-state index contributed by atoms with van der Waals surface area (Å²) in [7, 11) is 2.02. The van der Waals surface area contributed by atoms with Gasteiger partial charge in [-0.25, -0.2) is 0 Å². The summed E-state index contributed by atoms with van der Waals surface area (Å²) in [5.74, 6) is 0.111. The molecule has 7 nitrogen and oxygen atoms in total. The number of nitro benzene ring substituents is 1. The van der Waals surface area contributed by atoms with Crippen LogP contribution in [0.15, 0.2) is 42.5 Å². The lowest BCUT2D eigenvalue weighted by atomic mass is 10.1. The van der Waals surface area contributed by atoms with Crippen LogP contribution < -0.4 is 9.80 Å². The molecule has 2 aromatic carbocycles. The van der Waals surface area contributed by atoms with Crippen molar-refractivity contribution in [3.8, 4) is 0 Å². The van der Waals surface area contributed by atoms with Gasteiger partial charge in [0.05, 0.1) is 12.0 Å². The first-order valence-corrected chi connectivity index (χ1v) is 10.0. The van der Waals surface area contributed by atoms with Gasteiger partial charge in [-0.1, -0.05) is 41.4 Å². The van der Waals surface area contributed by atoms with Gasteiger partial charge in [-0.2, -0.15) is 0 Å². The number of piperazine rings is 1. The molecule has 29 heavy (non-hydrogen) atoms. The third-order valence-electron chi connectivity index (χ3n) is 5.19.